The van der Waals surface area contributed by atoms with E-state index >= 15 is 0 Å². The predicted molar refractivity (Wildman–Crippen MR) is 74.1 cm³/mol. The molecule has 1 amide bonds. The fourth-order valence-corrected chi connectivity index (χ4v) is 1.78. The maximum absolute atomic E-state index is 11.6. The molecule has 106 valence electrons. The summed E-state index contributed by atoms with van der Waals surface area (Å²) in [4.78, 5) is 13.5. The number of amides is 1. The molecule has 19 heavy (non-hydrogen) atoms. The summed E-state index contributed by atoms with van der Waals surface area (Å²) in [5, 5.41) is 12.5. The summed E-state index contributed by atoms with van der Waals surface area (Å²) in [5.74, 6) is 0.212. The highest BCUT2D eigenvalue weighted by molar-refractivity contribution is 5.77. The minimum absolute atomic E-state index is 0.0494. The molecule has 0 unspecified atom stereocenters. The van der Waals surface area contributed by atoms with Gasteiger partial charge >= 0.3 is 0 Å². The third kappa shape index (κ3) is 5.72. The molecule has 1 aromatic carbocycles. The molecule has 0 saturated carbocycles. The van der Waals surface area contributed by atoms with E-state index < -0.39 is 0 Å². The van der Waals surface area contributed by atoms with Crippen LogP contribution in [0.4, 0.5) is 0 Å². The van der Waals surface area contributed by atoms with Gasteiger partial charge in [0.05, 0.1) is 13.2 Å². The lowest BCUT2D eigenvalue weighted by Gasteiger charge is -2.17. The molecule has 5 nitrogen and oxygen atoms in total. The quantitative estimate of drug-likeness (QED) is 0.720. The number of likely N-dealkylation sites (N-methyl/N-ethyl adjacent to an activating group) is 1. The number of aryl methyl sites for hydroxylation is 1. The van der Waals surface area contributed by atoms with E-state index in [9.17, 15) is 9.90 Å². The second kappa shape index (κ2) is 7.76. The van der Waals surface area contributed by atoms with Gasteiger partial charge in [-0.15, -0.1) is 0 Å². The third-order valence-corrected chi connectivity index (χ3v) is 2.72. The van der Waals surface area contributed by atoms with Crippen LogP contribution in [0.5, 0.6) is 5.75 Å². The summed E-state index contributed by atoms with van der Waals surface area (Å²) < 4.78 is 4.86. The van der Waals surface area contributed by atoms with Crippen LogP contribution in [0.2, 0.25) is 0 Å². The van der Waals surface area contributed by atoms with Crippen molar-refractivity contribution >= 4 is 5.91 Å². The molecule has 0 spiro atoms. The maximum atomic E-state index is 11.6. The Bertz CT molecular complexity index is 421. The summed E-state index contributed by atoms with van der Waals surface area (Å²) in [6.45, 7) is 3.82. The maximum Gasteiger partial charge on any atom is 0.234 e. The zero-order valence-electron chi connectivity index (χ0n) is 11.8. The Labute approximate surface area is 114 Å². The molecule has 0 fully saturated rings. The van der Waals surface area contributed by atoms with E-state index in [1.807, 2.05) is 31.0 Å². The van der Waals surface area contributed by atoms with Gasteiger partial charge in [0.15, 0.2) is 0 Å². The van der Waals surface area contributed by atoms with Crippen molar-refractivity contribution in [3.8, 4) is 5.75 Å². The Morgan fingerprint density at radius 3 is 2.89 bits per heavy atom. The first-order chi connectivity index (χ1) is 9.02. The molecule has 0 saturated heterocycles. The minimum Gasteiger partial charge on any atom is -0.508 e. The number of carbonyl (C=O) groups is 1. The Hall–Kier alpha value is -1.59. The van der Waals surface area contributed by atoms with Gasteiger partial charge in [-0.1, -0.05) is 17.7 Å². The van der Waals surface area contributed by atoms with Gasteiger partial charge < -0.3 is 15.2 Å². The van der Waals surface area contributed by atoms with Crippen molar-refractivity contribution < 1.29 is 14.6 Å². The van der Waals surface area contributed by atoms with Gasteiger partial charge in [-0.05, 0) is 20.0 Å². The minimum atomic E-state index is -0.0494. The van der Waals surface area contributed by atoms with Gasteiger partial charge in [-0.3, -0.25) is 9.69 Å². The summed E-state index contributed by atoms with van der Waals surface area (Å²) in [5.41, 5.74) is 1.91. The van der Waals surface area contributed by atoms with Crippen LogP contribution in [0, 0.1) is 6.92 Å². The Morgan fingerprint density at radius 1 is 1.47 bits per heavy atom. The van der Waals surface area contributed by atoms with Crippen LogP contribution in [0.15, 0.2) is 18.2 Å². The highest BCUT2D eigenvalue weighted by Crippen LogP contribution is 2.19. The monoisotopic (exact) mass is 266 g/mol. The normalized spacial score (nSPS) is 10.7. The first-order valence-corrected chi connectivity index (χ1v) is 6.25. The Kier molecular flexibility index (Phi) is 6.32. The van der Waals surface area contributed by atoms with Crippen molar-refractivity contribution in [3.05, 3.63) is 29.3 Å². The third-order valence-electron chi connectivity index (χ3n) is 2.72. The molecule has 0 aliphatic rings. The number of carbonyl (C=O) groups excluding carboxylic acids is 1. The molecule has 1 aromatic rings. The van der Waals surface area contributed by atoms with Crippen molar-refractivity contribution in [1.82, 2.24) is 10.2 Å². The molecular weight excluding hydrogens is 244 g/mol. The number of phenols is 1. The van der Waals surface area contributed by atoms with E-state index in [0.29, 0.717) is 19.7 Å². The van der Waals surface area contributed by atoms with E-state index in [1.54, 1.807) is 13.2 Å². The van der Waals surface area contributed by atoms with Crippen molar-refractivity contribution in [2.24, 2.45) is 0 Å². The largest absolute Gasteiger partial charge is 0.508 e. The second-order valence-electron chi connectivity index (χ2n) is 4.65. The summed E-state index contributed by atoms with van der Waals surface area (Å²) in [6.07, 6.45) is 0. The molecule has 0 bridgehead atoms. The van der Waals surface area contributed by atoms with Crippen molar-refractivity contribution in [2.45, 2.75) is 13.5 Å². The van der Waals surface area contributed by atoms with Crippen LogP contribution in [0.25, 0.3) is 0 Å². The van der Waals surface area contributed by atoms with Gasteiger partial charge in [-0.25, -0.2) is 0 Å². The predicted octanol–water partition coefficient (Wildman–Crippen LogP) is 0.895. The van der Waals surface area contributed by atoms with E-state index in [4.69, 9.17) is 4.74 Å². The number of aromatic hydroxyl groups is 1. The van der Waals surface area contributed by atoms with Crippen LogP contribution in [-0.4, -0.2) is 49.8 Å². The van der Waals surface area contributed by atoms with E-state index in [-0.39, 0.29) is 18.2 Å². The van der Waals surface area contributed by atoms with E-state index in [2.05, 4.69) is 5.32 Å². The highest BCUT2D eigenvalue weighted by atomic mass is 16.5. The summed E-state index contributed by atoms with van der Waals surface area (Å²) in [7, 11) is 3.44. The molecule has 0 aliphatic heterocycles. The van der Waals surface area contributed by atoms with Gasteiger partial charge in [0.2, 0.25) is 5.91 Å². The summed E-state index contributed by atoms with van der Waals surface area (Å²) >= 11 is 0. The molecule has 0 aromatic heterocycles. The van der Waals surface area contributed by atoms with E-state index in [1.165, 1.54) is 0 Å². The van der Waals surface area contributed by atoms with Gasteiger partial charge in [0.25, 0.3) is 0 Å². The SMILES string of the molecule is COCCNC(=O)CN(C)Cc1cc(C)ccc1O. The molecule has 2 N–H and O–H groups in total. The molecule has 1 rings (SSSR count). The van der Waals surface area contributed by atoms with Crippen LogP contribution < -0.4 is 5.32 Å². The number of phenolic OH excluding ortho intramolecular Hbond substituents is 1. The standard InChI is InChI=1S/C14H22N2O3/c1-11-4-5-13(17)12(8-11)9-16(2)10-14(18)15-6-7-19-3/h4-5,8,17H,6-7,9-10H2,1-3H3,(H,15,18). The topological polar surface area (TPSA) is 61.8 Å². The number of hydrogen-bond acceptors (Lipinski definition) is 4. The summed E-state index contributed by atoms with van der Waals surface area (Å²) in [6, 6.07) is 5.46. The lowest BCUT2D eigenvalue weighted by atomic mass is 10.1. The first-order valence-electron chi connectivity index (χ1n) is 6.25. The van der Waals surface area contributed by atoms with Gasteiger partial charge in [0, 0.05) is 25.8 Å². The van der Waals surface area contributed by atoms with Crippen molar-refractivity contribution in [2.75, 3.05) is 33.9 Å². The first kappa shape index (κ1) is 15.5. The average molecular weight is 266 g/mol. The smallest absolute Gasteiger partial charge is 0.234 e. The lowest BCUT2D eigenvalue weighted by Crippen LogP contribution is -2.36. The molecule has 0 heterocycles. The van der Waals surface area contributed by atoms with Crippen molar-refractivity contribution in [1.29, 1.82) is 0 Å². The number of rotatable bonds is 7. The van der Waals surface area contributed by atoms with Gasteiger partial charge in [-0.2, -0.15) is 0 Å². The molecule has 0 radical (unpaired) electrons. The van der Waals surface area contributed by atoms with Crippen LogP contribution in [0.3, 0.4) is 0 Å². The van der Waals surface area contributed by atoms with Crippen LogP contribution >= 0.6 is 0 Å². The molecular formula is C14H22N2O3. The fourth-order valence-electron chi connectivity index (χ4n) is 1.78. The second-order valence-corrected chi connectivity index (χ2v) is 4.65. The number of methoxy groups -OCH3 is 1. The zero-order chi connectivity index (χ0) is 14.3. The number of benzene rings is 1. The zero-order valence-corrected chi connectivity index (χ0v) is 11.8. The average Bonchev–Trinajstić information content (AvgIpc) is 2.34. The van der Waals surface area contributed by atoms with Crippen LogP contribution in [-0.2, 0) is 16.1 Å². The van der Waals surface area contributed by atoms with Crippen molar-refractivity contribution in [3.63, 3.8) is 0 Å². The fraction of sp³-hybridized carbons (Fsp3) is 0.500. The Morgan fingerprint density at radius 2 is 2.21 bits per heavy atom. The Balaban J connectivity index is 2.44. The molecule has 0 aliphatic carbocycles. The highest BCUT2D eigenvalue weighted by Gasteiger charge is 2.09. The molecule has 0 atom stereocenters. The van der Waals surface area contributed by atoms with Gasteiger partial charge in [0.1, 0.15) is 5.75 Å². The molecule has 5 heteroatoms. The number of nitrogens with zero attached hydrogens (tertiary/aromatic N) is 1. The van der Waals surface area contributed by atoms with Crippen LogP contribution in [0.1, 0.15) is 11.1 Å². The van der Waals surface area contributed by atoms with E-state index in [0.717, 1.165) is 11.1 Å². The lowest BCUT2D eigenvalue weighted by molar-refractivity contribution is -0.122. The number of nitrogens with one attached hydrogen (secondary N) is 1. The number of ether oxygens (including phenoxy) is 1. The number of hydrogen-bond donors (Lipinski definition) is 2.